The molecule has 0 aliphatic heterocycles. The fraction of sp³-hybridized carbons (Fsp3) is 0.300. The van der Waals surface area contributed by atoms with E-state index in [1.165, 1.54) is 0 Å². The van der Waals surface area contributed by atoms with Crippen molar-refractivity contribution < 1.29 is 9.90 Å². The molecule has 1 aromatic heterocycles. The maximum absolute atomic E-state index is 10.8. The Bertz CT molecular complexity index is 272. The van der Waals surface area contributed by atoms with Gasteiger partial charge in [0.15, 0.2) is 0 Å². The molecule has 0 saturated heterocycles. The van der Waals surface area contributed by atoms with E-state index < -0.39 is 5.97 Å². The zero-order valence-corrected chi connectivity index (χ0v) is 7.53. The Morgan fingerprint density at radius 2 is 2.31 bits per heavy atom. The molecule has 0 aliphatic rings. The third-order valence-corrected chi connectivity index (χ3v) is 1.73. The molecule has 1 radical (unpaired) electrons. The SMILES string of the molecule is CCC[C](C(=O)O)c1ccccn1. The van der Waals surface area contributed by atoms with E-state index in [2.05, 4.69) is 4.98 Å². The second-order valence-electron chi connectivity index (χ2n) is 2.75. The normalized spacial score (nSPS) is 10.3. The molecule has 0 aliphatic carbocycles. The van der Waals surface area contributed by atoms with E-state index in [9.17, 15) is 4.79 Å². The number of carboxylic acids is 1. The Labute approximate surface area is 77.4 Å². The molecular formula is C10H12NO2. The number of nitrogens with zero attached hydrogens (tertiary/aromatic N) is 1. The fourth-order valence-electron chi connectivity index (χ4n) is 1.14. The molecule has 1 heterocycles. The van der Waals surface area contributed by atoms with Gasteiger partial charge < -0.3 is 5.11 Å². The third kappa shape index (κ3) is 2.54. The largest absolute Gasteiger partial charge is 0.480 e. The van der Waals surface area contributed by atoms with Gasteiger partial charge >= 0.3 is 5.97 Å². The van der Waals surface area contributed by atoms with Gasteiger partial charge in [0.1, 0.15) is 5.92 Å². The highest BCUT2D eigenvalue weighted by molar-refractivity contribution is 5.86. The van der Waals surface area contributed by atoms with Crippen LogP contribution in [0.15, 0.2) is 24.4 Å². The molecule has 0 fully saturated rings. The fourth-order valence-corrected chi connectivity index (χ4v) is 1.14. The smallest absolute Gasteiger partial charge is 0.317 e. The summed E-state index contributed by atoms with van der Waals surface area (Å²) in [5.74, 6) is -0.483. The highest BCUT2D eigenvalue weighted by Crippen LogP contribution is 2.17. The Kier molecular flexibility index (Phi) is 3.43. The van der Waals surface area contributed by atoms with Gasteiger partial charge in [-0.3, -0.25) is 9.78 Å². The van der Waals surface area contributed by atoms with E-state index in [0.717, 1.165) is 6.42 Å². The predicted molar refractivity (Wildman–Crippen MR) is 49.1 cm³/mol. The second-order valence-corrected chi connectivity index (χ2v) is 2.75. The van der Waals surface area contributed by atoms with E-state index in [-0.39, 0.29) is 0 Å². The van der Waals surface area contributed by atoms with E-state index in [1.54, 1.807) is 24.4 Å². The zero-order valence-electron chi connectivity index (χ0n) is 7.53. The van der Waals surface area contributed by atoms with Gasteiger partial charge in [-0.2, -0.15) is 0 Å². The van der Waals surface area contributed by atoms with Gasteiger partial charge in [-0.05, 0) is 18.6 Å². The van der Waals surface area contributed by atoms with Gasteiger partial charge in [-0.1, -0.05) is 19.4 Å². The summed E-state index contributed by atoms with van der Waals surface area (Å²) < 4.78 is 0. The van der Waals surface area contributed by atoms with Crippen LogP contribution in [0.1, 0.15) is 25.5 Å². The lowest BCUT2D eigenvalue weighted by Gasteiger charge is -2.08. The van der Waals surface area contributed by atoms with Gasteiger partial charge in [0.05, 0.1) is 5.69 Å². The molecule has 1 rings (SSSR count). The number of pyridine rings is 1. The minimum Gasteiger partial charge on any atom is -0.480 e. The van der Waals surface area contributed by atoms with Crippen molar-refractivity contribution in [2.75, 3.05) is 0 Å². The van der Waals surface area contributed by atoms with Crippen molar-refractivity contribution in [3.8, 4) is 0 Å². The molecule has 3 heteroatoms. The van der Waals surface area contributed by atoms with Gasteiger partial charge in [0.25, 0.3) is 0 Å². The van der Waals surface area contributed by atoms with Crippen molar-refractivity contribution >= 4 is 5.97 Å². The van der Waals surface area contributed by atoms with E-state index in [4.69, 9.17) is 5.11 Å². The minimum atomic E-state index is -0.874. The molecule has 1 aromatic rings. The van der Waals surface area contributed by atoms with Gasteiger partial charge in [0.2, 0.25) is 0 Å². The van der Waals surface area contributed by atoms with Crippen LogP contribution in [0.2, 0.25) is 0 Å². The average molecular weight is 178 g/mol. The number of carbonyl (C=O) groups is 1. The Balaban J connectivity index is 2.82. The van der Waals surface area contributed by atoms with Crippen LogP contribution in [0.4, 0.5) is 0 Å². The Hall–Kier alpha value is -1.38. The quantitative estimate of drug-likeness (QED) is 0.765. The maximum Gasteiger partial charge on any atom is 0.317 e. The van der Waals surface area contributed by atoms with Crippen LogP contribution in [-0.2, 0) is 4.79 Å². The van der Waals surface area contributed by atoms with E-state index >= 15 is 0 Å². The van der Waals surface area contributed by atoms with Crippen molar-refractivity contribution in [3.05, 3.63) is 36.0 Å². The first kappa shape index (κ1) is 9.71. The van der Waals surface area contributed by atoms with Gasteiger partial charge in [0, 0.05) is 6.20 Å². The average Bonchev–Trinajstić information content (AvgIpc) is 2.15. The molecule has 13 heavy (non-hydrogen) atoms. The van der Waals surface area contributed by atoms with Crippen LogP contribution in [0, 0.1) is 5.92 Å². The van der Waals surface area contributed by atoms with Crippen molar-refractivity contribution in [1.29, 1.82) is 0 Å². The van der Waals surface area contributed by atoms with E-state index in [1.807, 2.05) is 6.92 Å². The summed E-state index contributed by atoms with van der Waals surface area (Å²) >= 11 is 0. The molecule has 0 spiro atoms. The number of carboxylic acid groups (broad SMARTS) is 1. The van der Waals surface area contributed by atoms with Gasteiger partial charge in [-0.15, -0.1) is 0 Å². The highest BCUT2D eigenvalue weighted by Gasteiger charge is 2.20. The third-order valence-electron chi connectivity index (χ3n) is 1.73. The number of aromatic nitrogens is 1. The van der Waals surface area contributed by atoms with Crippen LogP contribution in [0.3, 0.4) is 0 Å². The van der Waals surface area contributed by atoms with Crippen molar-refractivity contribution in [2.24, 2.45) is 0 Å². The summed E-state index contributed by atoms with van der Waals surface area (Å²) in [6, 6.07) is 5.29. The lowest BCUT2D eigenvalue weighted by atomic mass is 10.00. The highest BCUT2D eigenvalue weighted by atomic mass is 16.4. The Morgan fingerprint density at radius 1 is 1.54 bits per heavy atom. The topological polar surface area (TPSA) is 50.2 Å². The van der Waals surface area contributed by atoms with E-state index in [0.29, 0.717) is 18.0 Å². The number of hydrogen-bond acceptors (Lipinski definition) is 2. The number of hydrogen-bond donors (Lipinski definition) is 1. The maximum atomic E-state index is 10.8. The summed E-state index contributed by atoms with van der Waals surface area (Å²) in [5, 5.41) is 8.88. The lowest BCUT2D eigenvalue weighted by Crippen LogP contribution is -2.13. The molecule has 0 saturated carbocycles. The van der Waals surface area contributed by atoms with Crippen LogP contribution < -0.4 is 0 Å². The zero-order chi connectivity index (χ0) is 9.68. The minimum absolute atomic E-state index is 0.392. The molecule has 0 atom stereocenters. The predicted octanol–water partition coefficient (Wildman–Crippen LogP) is 1.89. The number of rotatable bonds is 4. The lowest BCUT2D eigenvalue weighted by molar-refractivity contribution is -0.134. The van der Waals surface area contributed by atoms with Crippen LogP contribution in [0.5, 0.6) is 0 Å². The number of aliphatic carboxylic acids is 1. The molecule has 0 bridgehead atoms. The summed E-state index contributed by atoms with van der Waals surface area (Å²) in [5.41, 5.74) is 0.567. The van der Waals surface area contributed by atoms with Crippen molar-refractivity contribution in [3.63, 3.8) is 0 Å². The molecule has 3 nitrogen and oxygen atoms in total. The summed E-state index contributed by atoms with van der Waals surface area (Å²) in [6.07, 6.45) is 2.98. The van der Waals surface area contributed by atoms with Gasteiger partial charge in [-0.25, -0.2) is 0 Å². The standard InChI is InChI=1S/C10H12NO2/c1-2-5-8(10(12)13)9-6-3-4-7-11-9/h3-4,6-7H,2,5H2,1H3,(H,12,13). The molecule has 0 unspecified atom stereocenters. The van der Waals surface area contributed by atoms with Crippen LogP contribution in [0.25, 0.3) is 0 Å². The van der Waals surface area contributed by atoms with Crippen molar-refractivity contribution in [2.45, 2.75) is 19.8 Å². The first-order chi connectivity index (χ1) is 6.25. The first-order valence-corrected chi connectivity index (χ1v) is 4.26. The van der Waals surface area contributed by atoms with Crippen molar-refractivity contribution in [1.82, 2.24) is 4.98 Å². The molecule has 69 valence electrons. The summed E-state index contributed by atoms with van der Waals surface area (Å²) in [7, 11) is 0. The molecule has 1 N–H and O–H groups in total. The Morgan fingerprint density at radius 3 is 2.77 bits per heavy atom. The summed E-state index contributed by atoms with van der Waals surface area (Å²) in [6.45, 7) is 1.95. The van der Waals surface area contributed by atoms with Crippen LogP contribution >= 0.6 is 0 Å². The van der Waals surface area contributed by atoms with Crippen LogP contribution in [-0.4, -0.2) is 16.1 Å². The first-order valence-electron chi connectivity index (χ1n) is 4.26. The molecule has 0 amide bonds. The molecular weight excluding hydrogens is 166 g/mol. The second kappa shape index (κ2) is 4.60. The molecule has 0 aromatic carbocycles. The summed E-state index contributed by atoms with van der Waals surface area (Å²) in [4.78, 5) is 14.8. The monoisotopic (exact) mass is 178 g/mol.